The van der Waals surface area contributed by atoms with Gasteiger partial charge in [-0.05, 0) is 51.4 Å². The van der Waals surface area contributed by atoms with Gasteiger partial charge >= 0.3 is 0 Å². The lowest BCUT2D eigenvalue weighted by Gasteiger charge is -2.22. The zero-order valence-electron chi connectivity index (χ0n) is 47.8. The van der Waals surface area contributed by atoms with Gasteiger partial charge in [0.15, 0.2) is 0 Å². The SMILES string of the molecule is CCCCCCC/C=C\C/C=C\C/C=C\CCCCCCCCCCCCCCCCCCCCCCCCCCCCC(=O)NC(CO)C(O)CCCCCCCCCCCCCCCCCCC. The Bertz CT molecular complexity index is 1070. The highest BCUT2D eigenvalue weighted by Gasteiger charge is 2.20. The molecule has 4 heteroatoms. The molecule has 0 rings (SSSR count). The predicted molar refractivity (Wildman–Crippen MR) is 313 cm³/mol. The van der Waals surface area contributed by atoms with Crippen LogP contribution in [0.2, 0.25) is 0 Å². The van der Waals surface area contributed by atoms with Crippen molar-refractivity contribution in [3.05, 3.63) is 36.5 Å². The maximum Gasteiger partial charge on any atom is 0.220 e. The van der Waals surface area contributed by atoms with Crippen LogP contribution in [-0.4, -0.2) is 34.9 Å². The lowest BCUT2D eigenvalue weighted by atomic mass is 10.0. The van der Waals surface area contributed by atoms with Crippen molar-refractivity contribution in [1.82, 2.24) is 5.32 Å². The molecule has 4 nitrogen and oxygen atoms in total. The highest BCUT2D eigenvalue weighted by Crippen LogP contribution is 2.19. The monoisotopic (exact) mass is 982 g/mol. The average molecular weight is 983 g/mol. The molecule has 0 aliphatic carbocycles. The molecule has 0 saturated heterocycles. The van der Waals surface area contributed by atoms with Crippen LogP contribution in [0.1, 0.15) is 361 Å². The number of unbranched alkanes of at least 4 members (excludes halogenated alkanes) is 47. The smallest absolute Gasteiger partial charge is 0.220 e. The van der Waals surface area contributed by atoms with Crippen molar-refractivity contribution < 1.29 is 15.0 Å². The summed E-state index contributed by atoms with van der Waals surface area (Å²) in [5.74, 6) is -0.0238. The molecule has 0 spiro atoms. The third-order valence-corrected chi connectivity index (χ3v) is 15.2. The third kappa shape index (κ3) is 57.5. The number of rotatable bonds is 60. The number of nitrogens with one attached hydrogen (secondary N) is 1. The Morgan fingerprint density at radius 1 is 0.343 bits per heavy atom. The maximum atomic E-state index is 12.5. The van der Waals surface area contributed by atoms with Gasteiger partial charge in [-0.15, -0.1) is 0 Å². The normalized spacial score (nSPS) is 12.9. The van der Waals surface area contributed by atoms with E-state index in [0.717, 1.165) is 38.5 Å². The summed E-state index contributed by atoms with van der Waals surface area (Å²) in [6.07, 6.45) is 84.6. The Morgan fingerprint density at radius 2 is 0.586 bits per heavy atom. The molecule has 0 heterocycles. The van der Waals surface area contributed by atoms with E-state index in [0.29, 0.717) is 12.8 Å². The molecule has 0 aromatic heterocycles. The third-order valence-electron chi connectivity index (χ3n) is 15.2. The van der Waals surface area contributed by atoms with Crippen molar-refractivity contribution in [3.8, 4) is 0 Å². The van der Waals surface area contributed by atoms with Gasteiger partial charge < -0.3 is 15.5 Å². The molecule has 3 N–H and O–H groups in total. The van der Waals surface area contributed by atoms with Gasteiger partial charge in [0.05, 0.1) is 18.8 Å². The molecule has 0 bridgehead atoms. The number of aliphatic hydroxyl groups is 2. The Labute approximate surface area is 440 Å². The Morgan fingerprint density at radius 3 is 0.871 bits per heavy atom. The van der Waals surface area contributed by atoms with E-state index in [2.05, 4.69) is 55.6 Å². The van der Waals surface area contributed by atoms with E-state index in [1.807, 2.05) is 0 Å². The van der Waals surface area contributed by atoms with Crippen LogP contribution in [-0.2, 0) is 4.79 Å². The summed E-state index contributed by atoms with van der Waals surface area (Å²) in [7, 11) is 0. The lowest BCUT2D eigenvalue weighted by Crippen LogP contribution is -2.45. The van der Waals surface area contributed by atoms with E-state index in [1.54, 1.807) is 0 Å². The van der Waals surface area contributed by atoms with E-state index in [1.165, 1.54) is 295 Å². The summed E-state index contributed by atoms with van der Waals surface area (Å²) in [5, 5.41) is 23.4. The van der Waals surface area contributed by atoms with Crippen molar-refractivity contribution in [2.24, 2.45) is 0 Å². The first-order valence-electron chi connectivity index (χ1n) is 32.2. The summed E-state index contributed by atoms with van der Waals surface area (Å²) in [5.41, 5.74) is 0. The van der Waals surface area contributed by atoms with Crippen molar-refractivity contribution in [2.75, 3.05) is 6.61 Å². The van der Waals surface area contributed by atoms with Crippen LogP contribution in [0.25, 0.3) is 0 Å². The molecule has 0 aliphatic heterocycles. The average Bonchev–Trinajstić information content (AvgIpc) is 3.36. The molecule has 2 unspecified atom stereocenters. The van der Waals surface area contributed by atoms with Crippen molar-refractivity contribution >= 4 is 5.91 Å². The fourth-order valence-electron chi connectivity index (χ4n) is 10.3. The van der Waals surface area contributed by atoms with Gasteiger partial charge in [-0.1, -0.05) is 339 Å². The van der Waals surface area contributed by atoms with Crippen LogP contribution < -0.4 is 5.32 Å². The molecule has 0 aromatic carbocycles. The summed E-state index contributed by atoms with van der Waals surface area (Å²) in [6.45, 7) is 4.38. The van der Waals surface area contributed by atoms with E-state index >= 15 is 0 Å². The fourth-order valence-corrected chi connectivity index (χ4v) is 10.3. The van der Waals surface area contributed by atoms with Crippen LogP contribution in [0, 0.1) is 0 Å². The summed E-state index contributed by atoms with van der Waals surface area (Å²) in [4.78, 5) is 12.5. The minimum Gasteiger partial charge on any atom is -0.394 e. The van der Waals surface area contributed by atoms with E-state index < -0.39 is 12.1 Å². The Balaban J connectivity index is 3.36. The first-order chi connectivity index (χ1) is 34.7. The van der Waals surface area contributed by atoms with Crippen molar-refractivity contribution in [1.29, 1.82) is 0 Å². The molecular formula is C66H127NO3. The first-order valence-corrected chi connectivity index (χ1v) is 32.2. The number of amides is 1. The number of allylic oxidation sites excluding steroid dienone is 6. The van der Waals surface area contributed by atoms with E-state index in [4.69, 9.17) is 0 Å². The van der Waals surface area contributed by atoms with Crippen LogP contribution in [0.15, 0.2) is 36.5 Å². The molecule has 70 heavy (non-hydrogen) atoms. The van der Waals surface area contributed by atoms with Crippen LogP contribution in [0.4, 0.5) is 0 Å². The summed E-state index contributed by atoms with van der Waals surface area (Å²) < 4.78 is 0. The zero-order chi connectivity index (χ0) is 50.6. The van der Waals surface area contributed by atoms with Gasteiger partial charge in [0.25, 0.3) is 0 Å². The second kappa shape index (κ2) is 61.9. The van der Waals surface area contributed by atoms with Gasteiger partial charge in [0, 0.05) is 6.42 Å². The lowest BCUT2D eigenvalue weighted by molar-refractivity contribution is -0.123. The molecule has 0 aromatic rings. The zero-order valence-corrected chi connectivity index (χ0v) is 47.8. The molecule has 2 atom stereocenters. The highest BCUT2D eigenvalue weighted by atomic mass is 16.3. The number of carbonyl (C=O) groups is 1. The largest absolute Gasteiger partial charge is 0.394 e. The molecule has 0 fully saturated rings. The van der Waals surface area contributed by atoms with Crippen molar-refractivity contribution in [2.45, 2.75) is 373 Å². The summed E-state index contributed by atoms with van der Waals surface area (Å²) in [6, 6.07) is -0.534. The fraction of sp³-hybridized carbons (Fsp3) is 0.894. The van der Waals surface area contributed by atoms with Gasteiger partial charge in [-0.3, -0.25) is 4.79 Å². The topological polar surface area (TPSA) is 69.6 Å². The van der Waals surface area contributed by atoms with Crippen molar-refractivity contribution in [3.63, 3.8) is 0 Å². The predicted octanol–water partition coefficient (Wildman–Crippen LogP) is 21.6. The van der Waals surface area contributed by atoms with E-state index in [9.17, 15) is 15.0 Å². The molecule has 0 aliphatic rings. The second-order valence-electron chi connectivity index (χ2n) is 22.2. The van der Waals surface area contributed by atoms with E-state index in [-0.39, 0.29) is 12.5 Å². The molecule has 1 amide bonds. The van der Waals surface area contributed by atoms with Gasteiger partial charge in [-0.25, -0.2) is 0 Å². The van der Waals surface area contributed by atoms with Gasteiger partial charge in [0.1, 0.15) is 0 Å². The standard InChI is InChI=1S/C66H127NO3/c1-3-5-7-9-11-13-15-17-19-21-22-23-24-25-26-27-28-29-30-31-32-33-34-35-36-37-38-39-40-41-42-43-44-46-48-50-52-54-56-58-60-62-66(70)67-64(63-68)65(69)61-59-57-55-53-51-49-47-45-20-18-16-14-12-10-8-6-4-2/h15,17,21-22,24-25,64-65,68-69H,3-14,16,18-20,23,26-63H2,1-2H3,(H,67,70)/b17-15-,22-21-,25-24-. The van der Waals surface area contributed by atoms with Crippen LogP contribution in [0.3, 0.4) is 0 Å². The van der Waals surface area contributed by atoms with Crippen LogP contribution in [0.5, 0.6) is 0 Å². The molecule has 414 valence electrons. The minimum absolute atomic E-state index is 0.0238. The Kier molecular flexibility index (Phi) is 60.7. The van der Waals surface area contributed by atoms with Gasteiger partial charge in [-0.2, -0.15) is 0 Å². The minimum atomic E-state index is -0.657. The number of hydrogen-bond acceptors (Lipinski definition) is 3. The molecular weight excluding hydrogens is 855 g/mol. The summed E-state index contributed by atoms with van der Waals surface area (Å²) >= 11 is 0. The molecule has 0 saturated carbocycles. The molecule has 0 radical (unpaired) electrons. The highest BCUT2D eigenvalue weighted by molar-refractivity contribution is 5.76. The van der Waals surface area contributed by atoms with Gasteiger partial charge in [0.2, 0.25) is 5.91 Å². The second-order valence-corrected chi connectivity index (χ2v) is 22.2. The number of carbonyl (C=O) groups excluding carboxylic acids is 1. The number of aliphatic hydroxyl groups excluding tert-OH is 2. The maximum absolute atomic E-state index is 12.5. The quantitative estimate of drug-likeness (QED) is 0.0420. The van der Waals surface area contributed by atoms with Crippen LogP contribution >= 0.6 is 0 Å². The first kappa shape index (κ1) is 68.6. The Hall–Kier alpha value is -1.39. The number of hydrogen-bond donors (Lipinski definition) is 3.